The van der Waals surface area contributed by atoms with E-state index in [9.17, 15) is 0 Å². The molecule has 0 aromatic heterocycles. The highest BCUT2D eigenvalue weighted by Crippen LogP contribution is 2.11. The van der Waals surface area contributed by atoms with E-state index in [2.05, 4.69) is 37.9 Å². The maximum atomic E-state index is 3.74. The van der Waals surface area contributed by atoms with E-state index in [0.717, 1.165) is 0 Å². The van der Waals surface area contributed by atoms with Gasteiger partial charge in [-0.2, -0.15) is 0 Å². The van der Waals surface area contributed by atoms with Crippen molar-refractivity contribution in [2.45, 2.75) is 20.8 Å². The zero-order chi connectivity index (χ0) is 13.5. The lowest BCUT2D eigenvalue weighted by Crippen LogP contribution is -1.76. The first-order chi connectivity index (χ1) is 8.29. The van der Waals surface area contributed by atoms with E-state index < -0.39 is 0 Å². The second-order valence-corrected chi connectivity index (χ2v) is 2.80. The van der Waals surface area contributed by atoms with Crippen LogP contribution in [0.25, 0.3) is 12.2 Å². The summed E-state index contributed by atoms with van der Waals surface area (Å²) in [6, 6.07) is 8.19. The van der Waals surface area contributed by atoms with Crippen molar-refractivity contribution in [2.75, 3.05) is 0 Å². The molecule has 0 unspecified atom stereocenters. The summed E-state index contributed by atoms with van der Waals surface area (Å²) in [5.41, 5.74) is 2.41. The summed E-state index contributed by atoms with van der Waals surface area (Å²) < 4.78 is 0. The van der Waals surface area contributed by atoms with Crippen LogP contribution in [0.4, 0.5) is 0 Å². The van der Waals surface area contributed by atoms with Crippen LogP contribution in [0.3, 0.4) is 0 Å². The van der Waals surface area contributed by atoms with Crippen molar-refractivity contribution in [3.63, 3.8) is 0 Å². The topological polar surface area (TPSA) is 0 Å². The van der Waals surface area contributed by atoms with Gasteiger partial charge in [0.25, 0.3) is 0 Å². The van der Waals surface area contributed by atoms with Gasteiger partial charge in [0.15, 0.2) is 0 Å². The van der Waals surface area contributed by atoms with E-state index in [1.54, 1.807) is 12.2 Å². The number of hydrogen-bond donors (Lipinski definition) is 0. The molecule has 0 bridgehead atoms. The van der Waals surface area contributed by atoms with E-state index in [-0.39, 0.29) is 0 Å². The van der Waals surface area contributed by atoms with Gasteiger partial charge in [0.2, 0.25) is 0 Å². The number of hydrogen-bond acceptors (Lipinski definition) is 0. The van der Waals surface area contributed by atoms with Gasteiger partial charge in [-0.3, -0.25) is 0 Å². The Balaban J connectivity index is 0. The average molecular weight is 228 g/mol. The molecule has 0 spiro atoms. The van der Waals surface area contributed by atoms with Crippen molar-refractivity contribution in [1.82, 2.24) is 0 Å². The summed E-state index contributed by atoms with van der Waals surface area (Å²) in [6.45, 7) is 16.5. The van der Waals surface area contributed by atoms with Crippen molar-refractivity contribution >= 4 is 12.2 Å². The molecule has 0 saturated carbocycles. The standard InChI is InChI=1S/C11H12.C4H6.C2H6/c1-3-7-11-9-6-5-8-10(11)4-2;1-3-4-2;1-2/h3-9H,2H2,1H3;3-4H,1-2H2;1-2H3/b7-3-;;. The summed E-state index contributed by atoms with van der Waals surface area (Å²) in [4.78, 5) is 0. The molecular formula is C17H24. The number of allylic oxidation sites excluding steroid dienone is 3. The monoisotopic (exact) mass is 228 g/mol. The van der Waals surface area contributed by atoms with E-state index in [4.69, 9.17) is 0 Å². The van der Waals surface area contributed by atoms with Crippen molar-refractivity contribution in [3.05, 3.63) is 73.4 Å². The summed E-state index contributed by atoms with van der Waals surface area (Å²) >= 11 is 0. The van der Waals surface area contributed by atoms with Crippen LogP contribution in [-0.2, 0) is 0 Å². The Morgan fingerprint density at radius 2 is 1.35 bits per heavy atom. The summed E-state index contributed by atoms with van der Waals surface area (Å²) in [5.74, 6) is 0. The molecule has 0 fully saturated rings. The van der Waals surface area contributed by atoms with Crippen LogP contribution in [0.15, 0.2) is 62.2 Å². The molecule has 0 atom stereocenters. The van der Waals surface area contributed by atoms with Crippen molar-refractivity contribution < 1.29 is 0 Å². The van der Waals surface area contributed by atoms with Crippen LogP contribution in [0.2, 0.25) is 0 Å². The third-order valence-corrected chi connectivity index (χ3v) is 1.73. The van der Waals surface area contributed by atoms with Gasteiger partial charge in [0.05, 0.1) is 0 Å². The lowest BCUT2D eigenvalue weighted by Gasteiger charge is -1.97. The zero-order valence-corrected chi connectivity index (χ0v) is 11.3. The fourth-order valence-electron chi connectivity index (χ4n) is 1.03. The van der Waals surface area contributed by atoms with Crippen LogP contribution in [0.5, 0.6) is 0 Å². The first-order valence-electron chi connectivity index (χ1n) is 5.87. The second-order valence-electron chi connectivity index (χ2n) is 2.80. The second kappa shape index (κ2) is 14.2. The quantitative estimate of drug-likeness (QED) is 0.578. The Bertz CT molecular complexity index is 337. The SMILES string of the molecule is C=CC=C.C=Cc1ccccc1/C=C\C.CC. The molecule has 0 amide bonds. The zero-order valence-electron chi connectivity index (χ0n) is 11.3. The molecule has 1 rings (SSSR count). The number of rotatable bonds is 3. The van der Waals surface area contributed by atoms with Crippen LogP contribution in [-0.4, -0.2) is 0 Å². The molecule has 17 heavy (non-hydrogen) atoms. The Morgan fingerprint density at radius 3 is 1.71 bits per heavy atom. The minimum Gasteiger partial charge on any atom is -0.0991 e. The van der Waals surface area contributed by atoms with Crippen molar-refractivity contribution in [3.8, 4) is 0 Å². The average Bonchev–Trinajstić information content (AvgIpc) is 2.42. The maximum absolute atomic E-state index is 3.74. The predicted octanol–water partition coefficient (Wildman–Crippen LogP) is 5.75. The lowest BCUT2D eigenvalue weighted by atomic mass is 10.1. The minimum atomic E-state index is 1.19. The van der Waals surface area contributed by atoms with Gasteiger partial charge in [0.1, 0.15) is 0 Å². The van der Waals surface area contributed by atoms with E-state index in [1.165, 1.54) is 11.1 Å². The van der Waals surface area contributed by atoms with Crippen LogP contribution >= 0.6 is 0 Å². The largest absolute Gasteiger partial charge is 0.0991 e. The molecule has 0 aliphatic carbocycles. The van der Waals surface area contributed by atoms with Gasteiger partial charge < -0.3 is 0 Å². The Labute approximate surface area is 107 Å². The Kier molecular flexibility index (Phi) is 14.7. The molecular weight excluding hydrogens is 204 g/mol. The van der Waals surface area contributed by atoms with Crippen LogP contribution < -0.4 is 0 Å². The van der Waals surface area contributed by atoms with E-state index in [1.807, 2.05) is 45.1 Å². The Morgan fingerprint density at radius 1 is 0.882 bits per heavy atom. The first kappa shape index (κ1) is 17.6. The molecule has 0 aliphatic rings. The first-order valence-corrected chi connectivity index (χ1v) is 5.87. The number of benzene rings is 1. The third-order valence-electron chi connectivity index (χ3n) is 1.73. The van der Waals surface area contributed by atoms with Gasteiger partial charge in [0, 0.05) is 0 Å². The fraction of sp³-hybridized carbons (Fsp3) is 0.176. The maximum Gasteiger partial charge on any atom is -0.0188 e. The molecule has 0 aliphatic heterocycles. The normalized spacial score (nSPS) is 8.18. The smallest absolute Gasteiger partial charge is 0.0188 e. The molecule has 0 saturated heterocycles. The third kappa shape index (κ3) is 9.13. The molecule has 0 heteroatoms. The van der Waals surface area contributed by atoms with Crippen LogP contribution in [0, 0.1) is 0 Å². The summed E-state index contributed by atoms with van der Waals surface area (Å²) in [5, 5.41) is 0. The lowest BCUT2D eigenvalue weighted by molar-refractivity contribution is 1.50. The predicted molar refractivity (Wildman–Crippen MR) is 83.0 cm³/mol. The highest BCUT2D eigenvalue weighted by atomic mass is 13.9. The molecule has 92 valence electrons. The van der Waals surface area contributed by atoms with Gasteiger partial charge in [-0.05, 0) is 18.1 Å². The molecule has 0 nitrogen and oxygen atoms in total. The summed E-state index contributed by atoms with van der Waals surface area (Å²) in [7, 11) is 0. The van der Waals surface area contributed by atoms with Gasteiger partial charge in [-0.15, -0.1) is 0 Å². The van der Waals surface area contributed by atoms with Gasteiger partial charge >= 0.3 is 0 Å². The fourth-order valence-corrected chi connectivity index (χ4v) is 1.03. The molecule has 0 heterocycles. The van der Waals surface area contributed by atoms with Crippen LogP contribution in [0.1, 0.15) is 31.9 Å². The van der Waals surface area contributed by atoms with Crippen molar-refractivity contribution in [2.24, 2.45) is 0 Å². The summed E-state index contributed by atoms with van der Waals surface area (Å²) in [6.07, 6.45) is 9.26. The molecule has 1 aromatic carbocycles. The minimum absolute atomic E-state index is 1.19. The molecule has 1 aromatic rings. The van der Waals surface area contributed by atoms with E-state index >= 15 is 0 Å². The molecule has 0 radical (unpaired) electrons. The van der Waals surface area contributed by atoms with Gasteiger partial charge in [-0.25, -0.2) is 0 Å². The highest BCUT2D eigenvalue weighted by Gasteiger charge is 1.90. The van der Waals surface area contributed by atoms with E-state index in [0.29, 0.717) is 0 Å². The Hall–Kier alpha value is -1.82. The van der Waals surface area contributed by atoms with Crippen molar-refractivity contribution in [1.29, 1.82) is 0 Å². The van der Waals surface area contributed by atoms with Gasteiger partial charge in [-0.1, -0.05) is 88.2 Å². The highest BCUT2D eigenvalue weighted by molar-refractivity contribution is 5.63. The molecule has 0 N–H and O–H groups in total.